The number of aryl methyl sites for hydroxylation is 1. The predicted molar refractivity (Wildman–Crippen MR) is 72.2 cm³/mol. The highest BCUT2D eigenvalue weighted by Gasteiger charge is 2.08. The molecule has 0 aliphatic carbocycles. The maximum absolute atomic E-state index is 13.9. The molecule has 0 amide bonds. The van der Waals surface area contributed by atoms with Crippen molar-refractivity contribution in [2.24, 2.45) is 0 Å². The quantitative estimate of drug-likeness (QED) is 0.872. The fraction of sp³-hybridized carbons (Fsp3) is 0.231. The van der Waals surface area contributed by atoms with Crippen LogP contribution in [-0.4, -0.2) is 17.1 Å². The van der Waals surface area contributed by atoms with Crippen molar-refractivity contribution in [2.45, 2.75) is 13.5 Å². The lowest BCUT2D eigenvalue weighted by Gasteiger charge is -2.09. The number of ether oxygens (including phenoxy) is 1. The first-order chi connectivity index (χ1) is 9.10. The van der Waals surface area contributed by atoms with E-state index in [4.69, 9.17) is 16.3 Å². The summed E-state index contributed by atoms with van der Waals surface area (Å²) in [5.74, 6) is 0.549. The van der Waals surface area contributed by atoms with Gasteiger partial charge in [0.25, 0.3) is 0 Å². The molecular weight excluding hydrogens is 269 g/mol. The first kappa shape index (κ1) is 13.7. The minimum atomic E-state index is -0.314. The van der Waals surface area contributed by atoms with Crippen molar-refractivity contribution in [3.63, 3.8) is 0 Å². The summed E-state index contributed by atoms with van der Waals surface area (Å²) < 4.78 is 18.8. The number of aromatic nitrogens is 2. The third kappa shape index (κ3) is 3.39. The molecule has 0 spiro atoms. The smallest absolute Gasteiger partial charge is 0.158 e. The molecule has 4 nitrogen and oxygen atoms in total. The molecule has 0 atom stereocenters. The van der Waals surface area contributed by atoms with Crippen LogP contribution in [0.5, 0.6) is 0 Å². The van der Waals surface area contributed by atoms with Crippen LogP contribution in [0.2, 0.25) is 5.15 Å². The molecule has 0 radical (unpaired) electrons. The molecule has 0 saturated heterocycles. The van der Waals surface area contributed by atoms with Gasteiger partial charge in [0.2, 0.25) is 0 Å². The monoisotopic (exact) mass is 281 g/mol. The van der Waals surface area contributed by atoms with E-state index in [-0.39, 0.29) is 17.6 Å². The Labute approximate surface area is 115 Å². The van der Waals surface area contributed by atoms with Gasteiger partial charge in [0, 0.05) is 13.2 Å². The molecule has 0 fully saturated rings. The van der Waals surface area contributed by atoms with E-state index in [2.05, 4.69) is 15.3 Å². The number of hydrogen-bond donors (Lipinski definition) is 1. The highest BCUT2D eigenvalue weighted by Crippen LogP contribution is 2.22. The Hall–Kier alpha value is -1.72. The van der Waals surface area contributed by atoms with Crippen LogP contribution in [0.1, 0.15) is 11.4 Å². The van der Waals surface area contributed by atoms with Gasteiger partial charge in [0.1, 0.15) is 23.4 Å². The Morgan fingerprint density at radius 2 is 2.16 bits per heavy atom. The van der Waals surface area contributed by atoms with Crippen LogP contribution in [0, 0.1) is 12.7 Å². The summed E-state index contributed by atoms with van der Waals surface area (Å²) in [5, 5.41) is 3.16. The van der Waals surface area contributed by atoms with Crippen molar-refractivity contribution in [1.82, 2.24) is 9.97 Å². The summed E-state index contributed by atoms with van der Waals surface area (Å²) in [7, 11) is 1.54. The Morgan fingerprint density at radius 3 is 2.89 bits per heavy atom. The van der Waals surface area contributed by atoms with Crippen LogP contribution in [0.25, 0.3) is 0 Å². The van der Waals surface area contributed by atoms with Gasteiger partial charge >= 0.3 is 0 Å². The molecule has 6 heteroatoms. The van der Waals surface area contributed by atoms with E-state index >= 15 is 0 Å². The van der Waals surface area contributed by atoms with E-state index in [1.807, 2.05) is 0 Å². The van der Waals surface area contributed by atoms with Gasteiger partial charge in [-0.05, 0) is 18.6 Å². The number of anilines is 2. The molecule has 1 aromatic heterocycles. The Balaban J connectivity index is 2.30. The lowest BCUT2D eigenvalue weighted by atomic mass is 10.2. The van der Waals surface area contributed by atoms with Crippen LogP contribution in [-0.2, 0) is 11.3 Å². The predicted octanol–water partition coefficient (Wildman–Crippen LogP) is 3.47. The second-order valence-electron chi connectivity index (χ2n) is 3.99. The molecule has 0 bridgehead atoms. The van der Waals surface area contributed by atoms with E-state index in [1.54, 1.807) is 25.1 Å². The summed E-state index contributed by atoms with van der Waals surface area (Å²) in [5.41, 5.74) is 0.903. The summed E-state index contributed by atoms with van der Waals surface area (Å²) in [6, 6.07) is 6.63. The number of nitrogens with one attached hydrogen (secondary N) is 1. The molecule has 19 heavy (non-hydrogen) atoms. The maximum Gasteiger partial charge on any atom is 0.158 e. The molecule has 0 unspecified atom stereocenters. The van der Waals surface area contributed by atoms with Gasteiger partial charge < -0.3 is 10.1 Å². The van der Waals surface area contributed by atoms with Crippen LogP contribution in [0.4, 0.5) is 15.9 Å². The number of methoxy groups -OCH3 is 1. The van der Waals surface area contributed by atoms with Gasteiger partial charge in [-0.15, -0.1) is 0 Å². The van der Waals surface area contributed by atoms with E-state index < -0.39 is 0 Å². The molecule has 2 aromatic rings. The first-order valence-electron chi connectivity index (χ1n) is 5.64. The standard InChI is InChI=1S/C13H13ClFN3O/c1-8-4-3-5-9(13(8)15)16-11-6-10(14)17-12(18-11)7-19-2/h3-6H,7H2,1-2H3,(H,16,17,18). The maximum atomic E-state index is 13.9. The third-order valence-electron chi connectivity index (χ3n) is 2.47. The zero-order valence-corrected chi connectivity index (χ0v) is 11.3. The number of benzene rings is 1. The summed E-state index contributed by atoms with van der Waals surface area (Å²) in [4.78, 5) is 8.19. The van der Waals surface area contributed by atoms with E-state index in [1.165, 1.54) is 13.2 Å². The summed E-state index contributed by atoms with van der Waals surface area (Å²) >= 11 is 5.88. The normalized spacial score (nSPS) is 10.5. The van der Waals surface area contributed by atoms with Crippen molar-refractivity contribution in [2.75, 3.05) is 12.4 Å². The lowest BCUT2D eigenvalue weighted by molar-refractivity contribution is 0.178. The van der Waals surface area contributed by atoms with Crippen LogP contribution < -0.4 is 5.32 Å². The summed E-state index contributed by atoms with van der Waals surface area (Å²) in [6.45, 7) is 1.94. The molecule has 0 aliphatic rings. The minimum Gasteiger partial charge on any atom is -0.377 e. The van der Waals surface area contributed by atoms with Crippen molar-refractivity contribution in [3.05, 3.63) is 46.6 Å². The van der Waals surface area contributed by atoms with Gasteiger partial charge in [-0.2, -0.15) is 0 Å². The second-order valence-corrected chi connectivity index (χ2v) is 4.37. The number of nitrogens with zero attached hydrogens (tertiary/aromatic N) is 2. The average Bonchev–Trinajstić information content (AvgIpc) is 2.35. The van der Waals surface area contributed by atoms with Crippen LogP contribution in [0.3, 0.4) is 0 Å². The second kappa shape index (κ2) is 5.95. The zero-order chi connectivity index (χ0) is 13.8. The fourth-order valence-corrected chi connectivity index (χ4v) is 1.81. The van der Waals surface area contributed by atoms with E-state index in [9.17, 15) is 4.39 Å². The van der Waals surface area contributed by atoms with Crippen LogP contribution >= 0.6 is 11.6 Å². The number of rotatable bonds is 4. The lowest BCUT2D eigenvalue weighted by Crippen LogP contribution is -2.03. The van der Waals surface area contributed by atoms with Crippen molar-refractivity contribution in [3.8, 4) is 0 Å². The van der Waals surface area contributed by atoms with Gasteiger partial charge in [0.05, 0.1) is 5.69 Å². The molecule has 0 saturated carbocycles. The molecule has 2 rings (SSSR count). The third-order valence-corrected chi connectivity index (χ3v) is 2.66. The van der Waals surface area contributed by atoms with Gasteiger partial charge in [0.15, 0.2) is 5.82 Å². The zero-order valence-electron chi connectivity index (χ0n) is 10.6. The fourth-order valence-electron chi connectivity index (χ4n) is 1.60. The van der Waals surface area contributed by atoms with Gasteiger partial charge in [-0.3, -0.25) is 0 Å². The largest absolute Gasteiger partial charge is 0.377 e. The molecule has 100 valence electrons. The highest BCUT2D eigenvalue weighted by atomic mass is 35.5. The Bertz CT molecular complexity index is 592. The summed E-state index contributed by atoms with van der Waals surface area (Å²) in [6.07, 6.45) is 0. The Morgan fingerprint density at radius 1 is 1.37 bits per heavy atom. The van der Waals surface area contributed by atoms with E-state index in [0.717, 1.165) is 0 Å². The van der Waals surface area contributed by atoms with Gasteiger partial charge in [-0.1, -0.05) is 23.7 Å². The number of halogens is 2. The molecule has 1 aromatic carbocycles. The minimum absolute atomic E-state index is 0.242. The SMILES string of the molecule is COCc1nc(Cl)cc(Nc2cccc(C)c2F)n1. The molecule has 0 aliphatic heterocycles. The molecule has 1 heterocycles. The van der Waals surface area contributed by atoms with E-state index in [0.29, 0.717) is 22.9 Å². The number of hydrogen-bond acceptors (Lipinski definition) is 4. The van der Waals surface area contributed by atoms with Crippen molar-refractivity contribution < 1.29 is 9.13 Å². The average molecular weight is 282 g/mol. The Kier molecular flexibility index (Phi) is 4.29. The first-order valence-corrected chi connectivity index (χ1v) is 6.02. The van der Waals surface area contributed by atoms with Crippen molar-refractivity contribution in [1.29, 1.82) is 0 Å². The molecule has 1 N–H and O–H groups in total. The molecular formula is C13H13ClFN3O. The highest BCUT2D eigenvalue weighted by molar-refractivity contribution is 6.29. The van der Waals surface area contributed by atoms with Crippen molar-refractivity contribution >= 4 is 23.1 Å². The van der Waals surface area contributed by atoms with Gasteiger partial charge in [-0.25, -0.2) is 14.4 Å². The topological polar surface area (TPSA) is 47.0 Å². The van der Waals surface area contributed by atoms with Crippen LogP contribution in [0.15, 0.2) is 24.3 Å².